The zero-order chi connectivity index (χ0) is 23.4. The maximum Gasteiger partial charge on any atom is 0.410 e. The Hall–Kier alpha value is -3.49. The highest BCUT2D eigenvalue weighted by Crippen LogP contribution is 2.48. The third-order valence-electron chi connectivity index (χ3n) is 6.26. The molecule has 33 heavy (non-hydrogen) atoms. The molecule has 0 bridgehead atoms. The number of ether oxygens (including phenoxy) is 1. The molecule has 172 valence electrons. The van der Waals surface area contributed by atoms with Crippen LogP contribution in [0.5, 0.6) is 0 Å². The highest BCUT2D eigenvalue weighted by atomic mass is 16.6. The summed E-state index contributed by atoms with van der Waals surface area (Å²) in [6, 6.07) is 7.99. The number of nitrogens with one attached hydrogen (secondary N) is 1. The molecule has 5 rings (SSSR count). The fraction of sp³-hybridized carbons (Fsp3) is 0.458. The van der Waals surface area contributed by atoms with Gasteiger partial charge in [-0.3, -0.25) is 4.79 Å². The summed E-state index contributed by atoms with van der Waals surface area (Å²) in [6.45, 7) is 8.91. The van der Waals surface area contributed by atoms with E-state index in [1.54, 1.807) is 9.58 Å². The van der Waals surface area contributed by atoms with E-state index in [2.05, 4.69) is 20.4 Å². The Balaban J connectivity index is 1.16. The molecule has 2 amide bonds. The topological polar surface area (TPSA) is 102 Å². The summed E-state index contributed by atoms with van der Waals surface area (Å²) in [5, 5.41) is 8.63. The summed E-state index contributed by atoms with van der Waals surface area (Å²) in [5.41, 5.74) is 1.85. The lowest BCUT2D eigenvalue weighted by atomic mass is 9.61. The number of rotatable bonds is 3. The number of fused-ring (bicyclic) bond motifs is 1. The predicted molar refractivity (Wildman–Crippen MR) is 122 cm³/mol. The number of hydrogen-bond donors (Lipinski definition) is 1. The molecule has 3 heterocycles. The molecule has 2 aliphatic rings. The minimum Gasteiger partial charge on any atom is -0.444 e. The van der Waals surface area contributed by atoms with Gasteiger partial charge < -0.3 is 15.0 Å². The minimum absolute atomic E-state index is 0.0932. The van der Waals surface area contributed by atoms with Crippen molar-refractivity contribution in [2.75, 3.05) is 13.1 Å². The molecule has 1 aliphatic carbocycles. The first-order valence-electron chi connectivity index (χ1n) is 11.2. The van der Waals surface area contributed by atoms with E-state index in [0.717, 1.165) is 29.4 Å². The van der Waals surface area contributed by atoms with Gasteiger partial charge in [0.2, 0.25) is 0 Å². The van der Waals surface area contributed by atoms with Gasteiger partial charge in [0.15, 0.2) is 0 Å². The Labute approximate surface area is 192 Å². The highest BCUT2D eigenvalue weighted by Gasteiger charge is 2.54. The normalized spacial score (nSPS) is 17.5. The van der Waals surface area contributed by atoms with E-state index in [4.69, 9.17) is 4.74 Å². The maximum atomic E-state index is 12.7. The van der Waals surface area contributed by atoms with Crippen molar-refractivity contribution in [2.45, 2.75) is 52.2 Å². The first kappa shape index (κ1) is 21.4. The summed E-state index contributed by atoms with van der Waals surface area (Å²) in [7, 11) is 0. The van der Waals surface area contributed by atoms with Crippen molar-refractivity contribution in [1.82, 2.24) is 30.0 Å². The summed E-state index contributed by atoms with van der Waals surface area (Å²) >= 11 is 0. The number of amides is 2. The molecule has 0 radical (unpaired) electrons. The fourth-order valence-corrected chi connectivity index (χ4v) is 4.76. The summed E-state index contributed by atoms with van der Waals surface area (Å²) in [4.78, 5) is 35.3. The number of hydrogen-bond acceptors (Lipinski definition) is 6. The van der Waals surface area contributed by atoms with Crippen LogP contribution < -0.4 is 5.32 Å². The van der Waals surface area contributed by atoms with Crippen molar-refractivity contribution in [3.8, 4) is 5.95 Å². The molecule has 1 spiro atoms. The number of aromatic nitrogens is 4. The number of aryl methyl sites for hydroxylation is 1. The van der Waals surface area contributed by atoms with E-state index in [-0.39, 0.29) is 23.5 Å². The van der Waals surface area contributed by atoms with Gasteiger partial charge in [-0.05, 0) is 46.6 Å². The Bertz CT molecular complexity index is 1210. The first-order chi connectivity index (χ1) is 15.6. The van der Waals surface area contributed by atoms with Crippen LogP contribution in [-0.2, 0) is 4.74 Å². The van der Waals surface area contributed by atoms with Crippen LogP contribution in [0, 0.1) is 12.3 Å². The van der Waals surface area contributed by atoms with Crippen LogP contribution in [0.2, 0.25) is 0 Å². The Morgan fingerprint density at radius 3 is 2.45 bits per heavy atom. The van der Waals surface area contributed by atoms with Gasteiger partial charge in [-0.25, -0.2) is 14.8 Å². The van der Waals surface area contributed by atoms with E-state index < -0.39 is 5.60 Å². The zero-order valence-corrected chi connectivity index (χ0v) is 19.3. The fourth-order valence-electron chi connectivity index (χ4n) is 4.76. The lowest BCUT2D eigenvalue weighted by molar-refractivity contribution is -0.0812. The van der Waals surface area contributed by atoms with Crippen LogP contribution in [0.15, 0.2) is 36.7 Å². The van der Waals surface area contributed by atoms with E-state index in [9.17, 15) is 9.59 Å². The summed E-state index contributed by atoms with van der Waals surface area (Å²) in [6.07, 6.45) is 4.51. The lowest BCUT2D eigenvalue weighted by Gasteiger charge is -2.58. The molecular formula is C24H28N6O3. The maximum absolute atomic E-state index is 12.7. The van der Waals surface area contributed by atoms with Crippen LogP contribution in [0.1, 0.15) is 49.7 Å². The SMILES string of the molecule is Cc1nn(-c2ncc(C(=O)NC3CC4(C3)CN(C(=O)OC(C)(C)C)C4)cn2)c2ccccc12. The highest BCUT2D eigenvalue weighted by molar-refractivity contribution is 5.94. The first-order valence-corrected chi connectivity index (χ1v) is 11.2. The molecule has 9 heteroatoms. The third-order valence-corrected chi connectivity index (χ3v) is 6.26. The van der Waals surface area contributed by atoms with Crippen LogP contribution >= 0.6 is 0 Å². The second-order valence-electron chi connectivity index (χ2n) is 10.2. The Morgan fingerprint density at radius 1 is 1.12 bits per heavy atom. The number of carbonyl (C=O) groups is 2. The van der Waals surface area contributed by atoms with Crippen molar-refractivity contribution in [2.24, 2.45) is 5.41 Å². The Morgan fingerprint density at radius 2 is 1.79 bits per heavy atom. The quantitative estimate of drug-likeness (QED) is 0.660. The molecule has 0 atom stereocenters. The molecule has 3 aromatic rings. The zero-order valence-electron chi connectivity index (χ0n) is 19.3. The standard InChI is InChI=1S/C24H28N6O3/c1-15-18-7-5-6-8-19(18)30(28-15)21-25-11-16(12-26-21)20(31)27-17-9-24(10-17)13-29(14-24)22(32)33-23(2,3)4/h5-8,11-12,17H,9-10,13-14H2,1-4H3,(H,27,31). The monoisotopic (exact) mass is 448 g/mol. The van der Waals surface area contributed by atoms with Crippen LogP contribution in [-0.4, -0.2) is 61.4 Å². The van der Waals surface area contributed by atoms with Gasteiger partial charge in [0.1, 0.15) is 5.60 Å². The van der Waals surface area contributed by atoms with Gasteiger partial charge in [-0.2, -0.15) is 9.78 Å². The van der Waals surface area contributed by atoms with Crippen molar-refractivity contribution in [3.63, 3.8) is 0 Å². The molecule has 1 aromatic carbocycles. The molecule has 9 nitrogen and oxygen atoms in total. The molecule has 1 saturated carbocycles. The second-order valence-corrected chi connectivity index (χ2v) is 10.2. The van der Waals surface area contributed by atoms with E-state index >= 15 is 0 Å². The van der Waals surface area contributed by atoms with E-state index in [1.165, 1.54) is 12.4 Å². The van der Waals surface area contributed by atoms with Crippen molar-refractivity contribution in [3.05, 3.63) is 47.9 Å². The average Bonchev–Trinajstić information content (AvgIpc) is 3.04. The number of carbonyl (C=O) groups excluding carboxylic acids is 2. The smallest absolute Gasteiger partial charge is 0.410 e. The second kappa shape index (κ2) is 7.54. The number of likely N-dealkylation sites (tertiary alicyclic amines) is 1. The Kier molecular flexibility index (Phi) is 4.88. The van der Waals surface area contributed by atoms with Crippen molar-refractivity contribution >= 4 is 22.9 Å². The number of para-hydroxylation sites is 1. The molecular weight excluding hydrogens is 420 g/mol. The molecule has 1 aliphatic heterocycles. The van der Waals surface area contributed by atoms with Crippen molar-refractivity contribution in [1.29, 1.82) is 0 Å². The van der Waals surface area contributed by atoms with Gasteiger partial charge in [0.25, 0.3) is 11.9 Å². The van der Waals surface area contributed by atoms with Gasteiger partial charge in [-0.1, -0.05) is 18.2 Å². The average molecular weight is 449 g/mol. The molecule has 1 N–H and O–H groups in total. The van der Waals surface area contributed by atoms with Gasteiger partial charge >= 0.3 is 6.09 Å². The van der Waals surface area contributed by atoms with Crippen LogP contribution in [0.3, 0.4) is 0 Å². The third kappa shape index (κ3) is 4.03. The predicted octanol–water partition coefficient (Wildman–Crippen LogP) is 3.25. The molecule has 2 aromatic heterocycles. The van der Waals surface area contributed by atoms with Gasteiger partial charge in [-0.15, -0.1) is 0 Å². The van der Waals surface area contributed by atoms with Gasteiger partial charge in [0.05, 0.1) is 16.8 Å². The number of benzene rings is 1. The molecule has 0 unspecified atom stereocenters. The number of nitrogens with zero attached hydrogens (tertiary/aromatic N) is 5. The van der Waals surface area contributed by atoms with E-state index in [0.29, 0.717) is 24.6 Å². The molecule has 1 saturated heterocycles. The van der Waals surface area contributed by atoms with Gasteiger partial charge in [0, 0.05) is 42.3 Å². The lowest BCUT2D eigenvalue weighted by Crippen LogP contribution is -2.67. The summed E-state index contributed by atoms with van der Waals surface area (Å²) in [5.74, 6) is 0.237. The summed E-state index contributed by atoms with van der Waals surface area (Å²) < 4.78 is 7.11. The van der Waals surface area contributed by atoms with E-state index in [1.807, 2.05) is 52.0 Å². The van der Waals surface area contributed by atoms with Crippen LogP contribution in [0.25, 0.3) is 16.9 Å². The van der Waals surface area contributed by atoms with Crippen LogP contribution in [0.4, 0.5) is 4.79 Å². The molecule has 2 fully saturated rings. The largest absolute Gasteiger partial charge is 0.444 e. The minimum atomic E-state index is -0.489. The van der Waals surface area contributed by atoms with Crippen molar-refractivity contribution < 1.29 is 14.3 Å².